The summed E-state index contributed by atoms with van der Waals surface area (Å²) < 4.78 is 42.2. The number of alkyl halides is 3. The molecule has 0 saturated carbocycles. The number of aromatic nitrogens is 4. The Morgan fingerprint density at radius 2 is 1.71 bits per heavy atom. The van der Waals surface area contributed by atoms with Gasteiger partial charge in [-0.15, -0.1) is 23.4 Å². The molecule has 0 N–H and O–H groups in total. The van der Waals surface area contributed by atoms with E-state index in [4.69, 9.17) is 0 Å². The summed E-state index contributed by atoms with van der Waals surface area (Å²) in [5.41, 5.74) is 1.10. The molecule has 2 heterocycles. The number of benzene rings is 1. The van der Waals surface area contributed by atoms with Gasteiger partial charge >= 0.3 is 6.36 Å². The maximum Gasteiger partial charge on any atom is 0.573 e. The number of nitrogens with zero attached hydrogens (tertiary/aromatic N) is 4. The van der Waals surface area contributed by atoms with Crippen molar-refractivity contribution in [2.75, 3.05) is 0 Å². The van der Waals surface area contributed by atoms with Crippen LogP contribution in [0.1, 0.15) is 0 Å². The standard InChI is InChI=1S/C12H6BrF3N4O/c13-9-5-6-10-17-18-11(20(10)19-9)7-1-3-8(4-2-7)21-12(14,15)16/h1-6H. The minimum Gasteiger partial charge on any atom is -0.406 e. The highest BCUT2D eigenvalue weighted by molar-refractivity contribution is 9.10. The Labute approximate surface area is 124 Å². The predicted molar refractivity (Wildman–Crippen MR) is 70.6 cm³/mol. The molecule has 0 spiro atoms. The maximum atomic E-state index is 12.1. The molecule has 9 heteroatoms. The summed E-state index contributed by atoms with van der Waals surface area (Å²) in [6, 6.07) is 8.77. The van der Waals surface area contributed by atoms with Gasteiger partial charge in [0, 0.05) is 5.56 Å². The topological polar surface area (TPSA) is 52.3 Å². The third-order valence-corrected chi connectivity index (χ3v) is 3.00. The van der Waals surface area contributed by atoms with E-state index in [0.29, 0.717) is 21.6 Å². The zero-order chi connectivity index (χ0) is 15.0. The predicted octanol–water partition coefficient (Wildman–Crippen LogP) is 3.45. The van der Waals surface area contributed by atoms with Gasteiger partial charge in [0.15, 0.2) is 11.5 Å². The zero-order valence-corrected chi connectivity index (χ0v) is 11.8. The quantitative estimate of drug-likeness (QED) is 0.703. The first-order valence-electron chi connectivity index (χ1n) is 5.66. The van der Waals surface area contributed by atoms with Gasteiger partial charge in [-0.05, 0) is 52.3 Å². The lowest BCUT2D eigenvalue weighted by atomic mass is 10.2. The van der Waals surface area contributed by atoms with Gasteiger partial charge in [0.2, 0.25) is 0 Å². The lowest BCUT2D eigenvalue weighted by Crippen LogP contribution is -2.16. The Balaban J connectivity index is 1.97. The van der Waals surface area contributed by atoms with Crippen LogP contribution >= 0.6 is 15.9 Å². The molecular formula is C12H6BrF3N4O. The van der Waals surface area contributed by atoms with Gasteiger partial charge in [0.25, 0.3) is 0 Å². The molecule has 0 saturated heterocycles. The van der Waals surface area contributed by atoms with E-state index < -0.39 is 6.36 Å². The van der Waals surface area contributed by atoms with Crippen LogP contribution in [0.2, 0.25) is 0 Å². The van der Waals surface area contributed by atoms with Gasteiger partial charge in [-0.3, -0.25) is 0 Å². The molecule has 0 bridgehead atoms. The summed E-state index contributed by atoms with van der Waals surface area (Å²) in [6.07, 6.45) is -4.71. The highest BCUT2D eigenvalue weighted by Crippen LogP contribution is 2.26. The van der Waals surface area contributed by atoms with Crippen molar-refractivity contribution in [1.29, 1.82) is 0 Å². The fourth-order valence-electron chi connectivity index (χ4n) is 1.75. The molecule has 0 aliphatic heterocycles. The van der Waals surface area contributed by atoms with E-state index in [1.54, 1.807) is 12.1 Å². The molecule has 0 radical (unpaired) electrons. The Kier molecular flexibility index (Phi) is 3.28. The van der Waals surface area contributed by atoms with Crippen molar-refractivity contribution in [3.05, 3.63) is 41.0 Å². The summed E-state index contributed by atoms with van der Waals surface area (Å²) >= 11 is 3.24. The molecule has 5 nitrogen and oxygen atoms in total. The molecule has 0 fully saturated rings. The van der Waals surface area contributed by atoms with E-state index >= 15 is 0 Å². The average Bonchev–Trinajstić information content (AvgIpc) is 2.81. The van der Waals surface area contributed by atoms with Gasteiger partial charge < -0.3 is 4.74 Å². The Morgan fingerprint density at radius 3 is 2.38 bits per heavy atom. The van der Waals surface area contributed by atoms with Crippen LogP contribution in [-0.2, 0) is 0 Å². The van der Waals surface area contributed by atoms with Crippen molar-refractivity contribution in [3.8, 4) is 17.1 Å². The molecule has 3 aromatic rings. The molecule has 0 amide bonds. The largest absolute Gasteiger partial charge is 0.573 e. The summed E-state index contributed by atoms with van der Waals surface area (Å²) in [5.74, 6) is 0.124. The first kappa shape index (κ1) is 13.8. The molecule has 3 rings (SSSR count). The van der Waals surface area contributed by atoms with Crippen molar-refractivity contribution >= 4 is 21.6 Å². The lowest BCUT2D eigenvalue weighted by molar-refractivity contribution is -0.274. The minimum absolute atomic E-state index is 0.297. The van der Waals surface area contributed by atoms with Gasteiger partial charge in [0.05, 0.1) is 0 Å². The van der Waals surface area contributed by atoms with Crippen LogP contribution in [0.5, 0.6) is 5.75 Å². The molecular weight excluding hydrogens is 353 g/mol. The minimum atomic E-state index is -4.71. The first-order chi connectivity index (χ1) is 9.92. The molecule has 1 aromatic carbocycles. The van der Waals surface area contributed by atoms with Gasteiger partial charge in [-0.25, -0.2) is 0 Å². The fourth-order valence-corrected chi connectivity index (χ4v) is 2.04. The third-order valence-electron chi connectivity index (χ3n) is 2.58. The van der Waals surface area contributed by atoms with Gasteiger partial charge in [-0.1, -0.05) is 0 Å². The SMILES string of the molecule is FC(F)(F)Oc1ccc(-c2nnc3ccc(Br)nn23)cc1. The summed E-state index contributed by atoms with van der Waals surface area (Å²) in [5, 5.41) is 12.1. The van der Waals surface area contributed by atoms with Crippen molar-refractivity contribution in [2.45, 2.75) is 6.36 Å². The average molecular weight is 359 g/mol. The number of rotatable bonds is 2. The number of ether oxygens (including phenoxy) is 1. The molecule has 108 valence electrons. The highest BCUT2D eigenvalue weighted by atomic mass is 79.9. The van der Waals surface area contributed by atoms with Crippen LogP contribution in [0, 0.1) is 0 Å². The van der Waals surface area contributed by atoms with Gasteiger partial charge in [-0.2, -0.15) is 9.61 Å². The second-order valence-corrected chi connectivity index (χ2v) is 4.83. The first-order valence-corrected chi connectivity index (χ1v) is 6.46. The molecule has 0 atom stereocenters. The van der Waals surface area contributed by atoms with E-state index in [-0.39, 0.29) is 5.75 Å². The number of hydrogen-bond donors (Lipinski definition) is 0. The van der Waals surface area contributed by atoms with Crippen LogP contribution < -0.4 is 4.74 Å². The van der Waals surface area contributed by atoms with E-state index in [1.165, 1.54) is 28.8 Å². The van der Waals surface area contributed by atoms with Crippen molar-refractivity contribution in [1.82, 2.24) is 19.8 Å². The molecule has 0 aliphatic carbocycles. The summed E-state index contributed by atoms with van der Waals surface area (Å²) in [7, 11) is 0. The van der Waals surface area contributed by atoms with Gasteiger partial charge in [0.1, 0.15) is 10.4 Å². The lowest BCUT2D eigenvalue weighted by Gasteiger charge is -2.08. The Morgan fingerprint density at radius 1 is 1.00 bits per heavy atom. The highest BCUT2D eigenvalue weighted by Gasteiger charge is 2.31. The zero-order valence-electron chi connectivity index (χ0n) is 10.2. The number of halogens is 4. The molecule has 0 aliphatic rings. The van der Waals surface area contributed by atoms with Crippen molar-refractivity contribution in [3.63, 3.8) is 0 Å². The molecule has 2 aromatic heterocycles. The van der Waals surface area contributed by atoms with Crippen LogP contribution in [-0.4, -0.2) is 26.2 Å². The molecule has 21 heavy (non-hydrogen) atoms. The Bertz CT molecular complexity index is 785. The van der Waals surface area contributed by atoms with E-state index in [9.17, 15) is 13.2 Å². The number of hydrogen-bond acceptors (Lipinski definition) is 4. The monoisotopic (exact) mass is 358 g/mol. The second-order valence-electron chi connectivity index (χ2n) is 4.02. The van der Waals surface area contributed by atoms with E-state index in [1.807, 2.05) is 0 Å². The van der Waals surface area contributed by atoms with Crippen LogP contribution in [0.4, 0.5) is 13.2 Å². The summed E-state index contributed by atoms with van der Waals surface area (Å²) in [6.45, 7) is 0. The third kappa shape index (κ3) is 2.97. The van der Waals surface area contributed by atoms with Crippen LogP contribution in [0.25, 0.3) is 17.0 Å². The van der Waals surface area contributed by atoms with E-state index in [2.05, 4.69) is 36.0 Å². The van der Waals surface area contributed by atoms with Crippen LogP contribution in [0.15, 0.2) is 41.0 Å². The van der Waals surface area contributed by atoms with Crippen molar-refractivity contribution in [2.24, 2.45) is 0 Å². The smallest absolute Gasteiger partial charge is 0.406 e. The maximum absolute atomic E-state index is 12.1. The van der Waals surface area contributed by atoms with Crippen LogP contribution in [0.3, 0.4) is 0 Å². The van der Waals surface area contributed by atoms with Crippen molar-refractivity contribution < 1.29 is 17.9 Å². The second kappa shape index (κ2) is 4.99. The normalized spacial score (nSPS) is 11.8. The fraction of sp³-hybridized carbons (Fsp3) is 0.0833. The Hall–Kier alpha value is -2.16. The summed E-state index contributed by atoms with van der Waals surface area (Å²) in [4.78, 5) is 0. The van der Waals surface area contributed by atoms with E-state index in [0.717, 1.165) is 0 Å². The number of fused-ring (bicyclic) bond motifs is 1. The molecule has 0 unspecified atom stereocenters.